The molecule has 142 valence electrons. The maximum Gasteiger partial charge on any atom is 0.414 e. The predicted octanol–water partition coefficient (Wildman–Crippen LogP) is 2.55. The van der Waals surface area contributed by atoms with Crippen LogP contribution in [0.1, 0.15) is 18.4 Å². The van der Waals surface area contributed by atoms with Crippen LogP contribution in [0.4, 0.5) is 10.6 Å². The lowest BCUT2D eigenvalue weighted by molar-refractivity contribution is -0.123. The number of amides is 2. The van der Waals surface area contributed by atoms with E-state index in [4.69, 9.17) is 9.47 Å². The van der Waals surface area contributed by atoms with E-state index < -0.39 is 12.2 Å². The number of likely N-dealkylation sites (N-methyl/N-ethyl adjacent to an activating group) is 1. The monoisotopic (exact) mass is 369 g/mol. The Balaban J connectivity index is 1.37. The molecule has 1 aliphatic rings. The third kappa shape index (κ3) is 5.44. The minimum atomic E-state index is -0.656. The van der Waals surface area contributed by atoms with Gasteiger partial charge in [-0.2, -0.15) is 0 Å². The maximum absolute atomic E-state index is 11.4. The fourth-order valence-corrected chi connectivity index (χ4v) is 2.82. The van der Waals surface area contributed by atoms with E-state index >= 15 is 0 Å². The van der Waals surface area contributed by atoms with Gasteiger partial charge < -0.3 is 14.4 Å². The van der Waals surface area contributed by atoms with Crippen LogP contribution in [0, 0.1) is 0 Å². The molecule has 1 aromatic heterocycles. The van der Waals surface area contributed by atoms with Crippen molar-refractivity contribution in [2.24, 2.45) is 0 Å². The molecule has 3 rings (SSSR count). The molecule has 0 aliphatic carbocycles. The first-order valence-corrected chi connectivity index (χ1v) is 8.97. The summed E-state index contributed by atoms with van der Waals surface area (Å²) in [5.41, 5.74) is 1.15. The minimum absolute atomic E-state index is 0.348. The number of anilines is 1. The van der Waals surface area contributed by atoms with Gasteiger partial charge in [-0.15, -0.1) is 0 Å². The Kier molecular flexibility index (Phi) is 6.25. The number of ether oxygens (including phenoxy) is 2. The zero-order valence-electron chi connectivity index (χ0n) is 15.3. The zero-order chi connectivity index (χ0) is 19.1. The number of hydrogen-bond acceptors (Lipinski definition) is 6. The lowest BCUT2D eigenvalue weighted by atomic mass is 10.1. The van der Waals surface area contributed by atoms with Gasteiger partial charge in [0.05, 0.1) is 6.54 Å². The maximum atomic E-state index is 11.4. The molecule has 2 amide bonds. The van der Waals surface area contributed by atoms with Gasteiger partial charge in [-0.3, -0.25) is 10.1 Å². The number of carbonyl (C=O) groups excluding carboxylic acids is 2. The van der Waals surface area contributed by atoms with Crippen molar-refractivity contribution < 1.29 is 19.1 Å². The SMILES string of the molecule is CN(CCOc1ccc(CCCC2OC(=O)NC2=O)cc1)c1ccccn1. The topological polar surface area (TPSA) is 80.8 Å². The summed E-state index contributed by atoms with van der Waals surface area (Å²) in [6.45, 7) is 1.30. The van der Waals surface area contributed by atoms with Crippen LogP contribution in [0.3, 0.4) is 0 Å². The van der Waals surface area contributed by atoms with E-state index in [1.807, 2.05) is 54.4 Å². The Labute approximate surface area is 158 Å². The standard InChI is InChI=1S/C20H23N3O4/c1-23(18-7-2-3-12-21-18)13-14-26-16-10-8-15(9-11-16)5-4-6-17-19(24)22-20(25)27-17/h2-3,7-12,17H,4-6,13-14H2,1H3,(H,22,24,25). The quantitative estimate of drug-likeness (QED) is 0.732. The van der Waals surface area contributed by atoms with Gasteiger partial charge >= 0.3 is 6.09 Å². The van der Waals surface area contributed by atoms with Gasteiger partial charge in [-0.05, 0) is 49.1 Å². The van der Waals surface area contributed by atoms with Crippen LogP contribution in [0.5, 0.6) is 5.75 Å². The van der Waals surface area contributed by atoms with Gasteiger partial charge in [0.2, 0.25) is 0 Å². The van der Waals surface area contributed by atoms with Crippen molar-refractivity contribution in [2.45, 2.75) is 25.4 Å². The highest BCUT2D eigenvalue weighted by atomic mass is 16.6. The molecule has 7 nitrogen and oxygen atoms in total. The van der Waals surface area contributed by atoms with E-state index in [9.17, 15) is 9.59 Å². The molecule has 1 aliphatic heterocycles. The van der Waals surface area contributed by atoms with Crippen molar-refractivity contribution in [2.75, 3.05) is 25.1 Å². The first-order valence-electron chi connectivity index (χ1n) is 8.97. The van der Waals surface area contributed by atoms with Crippen LogP contribution in [-0.4, -0.2) is 43.3 Å². The second-order valence-electron chi connectivity index (χ2n) is 6.38. The summed E-state index contributed by atoms with van der Waals surface area (Å²) in [6, 6.07) is 13.7. The second-order valence-corrected chi connectivity index (χ2v) is 6.38. The minimum Gasteiger partial charge on any atom is -0.492 e. The Morgan fingerprint density at radius 1 is 1.19 bits per heavy atom. The largest absolute Gasteiger partial charge is 0.492 e. The number of imide groups is 1. The van der Waals surface area contributed by atoms with Gasteiger partial charge in [0.1, 0.15) is 18.2 Å². The number of nitrogens with one attached hydrogen (secondary N) is 1. The van der Waals surface area contributed by atoms with Crippen LogP contribution >= 0.6 is 0 Å². The lowest BCUT2D eigenvalue weighted by Gasteiger charge is -2.18. The van der Waals surface area contributed by atoms with Crippen molar-refractivity contribution in [3.05, 3.63) is 54.2 Å². The number of benzene rings is 1. The van der Waals surface area contributed by atoms with Gasteiger partial charge in [-0.25, -0.2) is 9.78 Å². The summed E-state index contributed by atoms with van der Waals surface area (Å²) in [5, 5.41) is 2.14. The molecular weight excluding hydrogens is 346 g/mol. The van der Waals surface area contributed by atoms with Gasteiger partial charge in [0.25, 0.3) is 5.91 Å². The molecule has 1 unspecified atom stereocenters. The summed E-state index contributed by atoms with van der Waals surface area (Å²) in [6.07, 6.45) is 2.56. The van der Waals surface area contributed by atoms with E-state index in [0.29, 0.717) is 13.0 Å². The molecule has 7 heteroatoms. The zero-order valence-corrected chi connectivity index (χ0v) is 15.3. The van der Waals surface area contributed by atoms with E-state index in [1.165, 1.54) is 0 Å². The van der Waals surface area contributed by atoms with Crippen molar-refractivity contribution >= 4 is 17.8 Å². The molecular formula is C20H23N3O4. The molecule has 2 aromatic rings. The van der Waals surface area contributed by atoms with Gasteiger partial charge in [0, 0.05) is 13.2 Å². The lowest BCUT2D eigenvalue weighted by Crippen LogP contribution is -2.24. The van der Waals surface area contributed by atoms with E-state index in [1.54, 1.807) is 6.20 Å². The number of aryl methyl sites for hydroxylation is 1. The smallest absolute Gasteiger partial charge is 0.414 e. The first-order chi connectivity index (χ1) is 13.1. The molecule has 0 bridgehead atoms. The summed E-state index contributed by atoms with van der Waals surface area (Å²) >= 11 is 0. The number of aromatic nitrogens is 1. The highest BCUT2D eigenvalue weighted by Gasteiger charge is 2.31. The molecule has 1 saturated heterocycles. The van der Waals surface area contributed by atoms with Crippen molar-refractivity contribution in [3.8, 4) is 5.75 Å². The molecule has 1 fully saturated rings. The number of carbonyl (C=O) groups is 2. The molecule has 2 heterocycles. The molecule has 27 heavy (non-hydrogen) atoms. The van der Waals surface area contributed by atoms with Crippen LogP contribution < -0.4 is 15.0 Å². The third-order valence-corrected chi connectivity index (χ3v) is 4.36. The number of pyridine rings is 1. The third-order valence-electron chi connectivity index (χ3n) is 4.36. The van der Waals surface area contributed by atoms with Crippen LogP contribution in [0.15, 0.2) is 48.7 Å². The molecule has 1 aromatic carbocycles. The summed E-state index contributed by atoms with van der Waals surface area (Å²) in [7, 11) is 1.98. The highest BCUT2D eigenvalue weighted by Crippen LogP contribution is 2.16. The van der Waals surface area contributed by atoms with Gasteiger partial charge in [0.15, 0.2) is 6.10 Å². The van der Waals surface area contributed by atoms with E-state index in [2.05, 4.69) is 10.3 Å². The van der Waals surface area contributed by atoms with Crippen molar-refractivity contribution in [1.82, 2.24) is 10.3 Å². The molecule has 0 saturated carbocycles. The predicted molar refractivity (Wildman–Crippen MR) is 101 cm³/mol. The number of cyclic esters (lactones) is 1. The summed E-state index contributed by atoms with van der Waals surface area (Å²) in [5.74, 6) is 1.38. The summed E-state index contributed by atoms with van der Waals surface area (Å²) < 4.78 is 10.7. The molecule has 1 atom stereocenters. The van der Waals surface area contributed by atoms with E-state index in [-0.39, 0.29) is 5.91 Å². The van der Waals surface area contributed by atoms with Gasteiger partial charge in [-0.1, -0.05) is 18.2 Å². The van der Waals surface area contributed by atoms with Crippen molar-refractivity contribution in [1.29, 1.82) is 0 Å². The Morgan fingerprint density at radius 3 is 2.67 bits per heavy atom. The van der Waals surface area contributed by atoms with Crippen LogP contribution in [0.25, 0.3) is 0 Å². The molecule has 1 N–H and O–H groups in total. The average molecular weight is 369 g/mol. The van der Waals surface area contributed by atoms with E-state index in [0.717, 1.165) is 36.5 Å². The Hall–Kier alpha value is -3.09. The number of hydrogen-bond donors (Lipinski definition) is 1. The van der Waals surface area contributed by atoms with Crippen LogP contribution in [-0.2, 0) is 16.0 Å². The second kappa shape index (κ2) is 9.02. The fourth-order valence-electron chi connectivity index (χ4n) is 2.82. The Bertz CT molecular complexity index is 765. The highest BCUT2D eigenvalue weighted by molar-refractivity contribution is 5.99. The Morgan fingerprint density at radius 2 is 2.00 bits per heavy atom. The normalized spacial score (nSPS) is 16.0. The fraction of sp³-hybridized carbons (Fsp3) is 0.350. The first kappa shape index (κ1) is 18.7. The summed E-state index contributed by atoms with van der Waals surface area (Å²) in [4.78, 5) is 28.7. The molecule has 0 spiro atoms. The number of rotatable bonds is 9. The number of alkyl carbamates (subject to hydrolysis) is 1. The number of nitrogens with zero attached hydrogens (tertiary/aromatic N) is 2. The van der Waals surface area contributed by atoms with Crippen molar-refractivity contribution in [3.63, 3.8) is 0 Å². The van der Waals surface area contributed by atoms with Crippen LogP contribution in [0.2, 0.25) is 0 Å². The average Bonchev–Trinajstić information content (AvgIpc) is 3.01. The molecule has 0 radical (unpaired) electrons.